The first-order valence-electron chi connectivity index (χ1n) is 13.0. The molecule has 2 unspecified atom stereocenters. The second-order valence-corrected chi connectivity index (χ2v) is 10.7. The number of aromatic hydroxyl groups is 3. The van der Waals surface area contributed by atoms with Gasteiger partial charge in [-0.3, -0.25) is 0 Å². The quantitative estimate of drug-likeness (QED) is 0.279. The van der Waals surface area contributed by atoms with Crippen molar-refractivity contribution in [1.29, 1.82) is 0 Å². The van der Waals surface area contributed by atoms with Gasteiger partial charge in [-0.2, -0.15) is 0 Å². The third kappa shape index (κ3) is 3.65. The summed E-state index contributed by atoms with van der Waals surface area (Å²) in [5, 5.41) is 33.4. The number of allylic oxidation sites excluding steroid dienone is 1. The predicted molar refractivity (Wildman–Crippen MR) is 146 cm³/mol. The van der Waals surface area contributed by atoms with Gasteiger partial charge in [0.1, 0.15) is 17.2 Å². The van der Waals surface area contributed by atoms with Gasteiger partial charge in [-0.1, -0.05) is 80.8 Å². The number of hydrogen-bond acceptors (Lipinski definition) is 3. The normalized spacial score (nSPS) is 19.3. The van der Waals surface area contributed by atoms with Gasteiger partial charge < -0.3 is 15.3 Å². The van der Waals surface area contributed by atoms with Crippen molar-refractivity contribution in [2.24, 2.45) is 0 Å². The standard InChI is InChI=1S/C33H32O3/c1-33(30-17-9-23-19-26(34)13-15-28(23)30,25-11-7-22(8-12-25)21-5-3-2-4-6-21)32-29-16-14-27(35)20-24(29)10-18-31(32)36/h7-21,30,34-36H,2-6H2,1H3. The third-order valence-corrected chi connectivity index (χ3v) is 8.58. The Labute approximate surface area is 212 Å². The van der Waals surface area contributed by atoms with Crippen molar-refractivity contribution in [3.05, 3.63) is 107 Å². The molecule has 0 heterocycles. The van der Waals surface area contributed by atoms with Gasteiger partial charge in [0, 0.05) is 16.9 Å². The Morgan fingerprint density at radius 2 is 1.47 bits per heavy atom. The monoisotopic (exact) mass is 476 g/mol. The van der Waals surface area contributed by atoms with Crippen molar-refractivity contribution in [2.45, 2.75) is 56.3 Å². The Kier molecular flexibility index (Phi) is 5.52. The first kappa shape index (κ1) is 22.7. The summed E-state index contributed by atoms with van der Waals surface area (Å²) in [6.07, 6.45) is 10.7. The lowest BCUT2D eigenvalue weighted by atomic mass is 9.64. The van der Waals surface area contributed by atoms with Crippen LogP contribution in [-0.4, -0.2) is 15.3 Å². The largest absolute Gasteiger partial charge is 0.508 e. The van der Waals surface area contributed by atoms with E-state index >= 15 is 0 Å². The van der Waals surface area contributed by atoms with Gasteiger partial charge in [-0.25, -0.2) is 0 Å². The van der Waals surface area contributed by atoms with Crippen LogP contribution in [0.25, 0.3) is 16.8 Å². The molecule has 0 amide bonds. The van der Waals surface area contributed by atoms with Gasteiger partial charge in [0.25, 0.3) is 0 Å². The molecule has 0 saturated heterocycles. The fourth-order valence-corrected chi connectivity index (χ4v) is 6.67. The molecule has 0 radical (unpaired) electrons. The summed E-state index contributed by atoms with van der Waals surface area (Å²) in [5.41, 5.74) is 4.92. The molecule has 2 atom stereocenters. The van der Waals surface area contributed by atoms with Crippen molar-refractivity contribution in [3.63, 3.8) is 0 Å². The van der Waals surface area contributed by atoms with Gasteiger partial charge in [0.15, 0.2) is 0 Å². The lowest BCUT2D eigenvalue weighted by molar-refractivity contribution is 0.434. The number of benzene rings is 4. The molecule has 36 heavy (non-hydrogen) atoms. The van der Waals surface area contributed by atoms with Crippen molar-refractivity contribution in [2.75, 3.05) is 0 Å². The summed E-state index contributed by atoms with van der Waals surface area (Å²) in [6, 6.07) is 23.6. The zero-order valence-electron chi connectivity index (χ0n) is 20.6. The van der Waals surface area contributed by atoms with Crippen LogP contribution in [0.3, 0.4) is 0 Å². The molecule has 182 valence electrons. The van der Waals surface area contributed by atoms with Gasteiger partial charge in [-0.15, -0.1) is 0 Å². The summed E-state index contributed by atoms with van der Waals surface area (Å²) < 4.78 is 0. The summed E-state index contributed by atoms with van der Waals surface area (Å²) in [6.45, 7) is 2.21. The SMILES string of the molecule is CC(c1ccc(C2CCCCC2)cc1)(c1c(O)ccc2cc(O)ccc12)C1C=Cc2cc(O)ccc21. The molecule has 1 fully saturated rings. The number of rotatable bonds is 4. The molecular formula is C33H32O3. The highest BCUT2D eigenvalue weighted by atomic mass is 16.3. The number of hydrogen-bond donors (Lipinski definition) is 3. The average molecular weight is 477 g/mol. The number of phenolic OH excluding ortho intramolecular Hbond substituents is 3. The maximum Gasteiger partial charge on any atom is 0.120 e. The van der Waals surface area contributed by atoms with E-state index in [1.165, 1.54) is 37.7 Å². The first-order valence-corrected chi connectivity index (χ1v) is 13.0. The smallest absolute Gasteiger partial charge is 0.120 e. The third-order valence-electron chi connectivity index (χ3n) is 8.58. The topological polar surface area (TPSA) is 60.7 Å². The van der Waals surface area contributed by atoms with E-state index in [2.05, 4.69) is 43.3 Å². The molecule has 4 aromatic rings. The van der Waals surface area contributed by atoms with Crippen molar-refractivity contribution in [3.8, 4) is 17.2 Å². The van der Waals surface area contributed by atoms with Gasteiger partial charge >= 0.3 is 0 Å². The highest BCUT2D eigenvalue weighted by Crippen LogP contribution is 2.53. The molecule has 0 bridgehead atoms. The van der Waals surface area contributed by atoms with Crippen LogP contribution in [0, 0.1) is 0 Å². The van der Waals surface area contributed by atoms with E-state index < -0.39 is 5.41 Å². The molecule has 1 saturated carbocycles. The zero-order chi connectivity index (χ0) is 24.9. The van der Waals surface area contributed by atoms with Crippen LogP contribution in [0.15, 0.2) is 78.9 Å². The fraction of sp³-hybridized carbons (Fsp3) is 0.273. The Morgan fingerprint density at radius 1 is 0.750 bits per heavy atom. The van der Waals surface area contributed by atoms with Crippen LogP contribution in [0.1, 0.15) is 78.7 Å². The van der Waals surface area contributed by atoms with Crippen LogP contribution in [0.4, 0.5) is 0 Å². The lowest BCUT2D eigenvalue weighted by Crippen LogP contribution is -2.31. The van der Waals surface area contributed by atoms with E-state index in [9.17, 15) is 15.3 Å². The van der Waals surface area contributed by atoms with Gasteiger partial charge in [0.05, 0.1) is 0 Å². The molecule has 0 spiro atoms. The molecule has 6 rings (SSSR count). The maximum absolute atomic E-state index is 11.4. The van der Waals surface area contributed by atoms with E-state index in [0.717, 1.165) is 33.0 Å². The highest BCUT2D eigenvalue weighted by Gasteiger charge is 2.42. The van der Waals surface area contributed by atoms with E-state index in [-0.39, 0.29) is 23.2 Å². The summed E-state index contributed by atoms with van der Waals surface area (Å²) in [7, 11) is 0. The summed E-state index contributed by atoms with van der Waals surface area (Å²) >= 11 is 0. The van der Waals surface area contributed by atoms with E-state index in [1.54, 1.807) is 30.3 Å². The van der Waals surface area contributed by atoms with Gasteiger partial charge in [0.2, 0.25) is 0 Å². The van der Waals surface area contributed by atoms with Crippen LogP contribution < -0.4 is 0 Å². The second kappa shape index (κ2) is 8.74. The molecule has 3 heteroatoms. The van der Waals surface area contributed by atoms with Crippen molar-refractivity contribution < 1.29 is 15.3 Å². The molecule has 3 nitrogen and oxygen atoms in total. The minimum absolute atomic E-state index is 0.0427. The van der Waals surface area contributed by atoms with Gasteiger partial charge in [-0.05, 0) is 82.1 Å². The molecular weight excluding hydrogens is 444 g/mol. The van der Waals surface area contributed by atoms with Crippen LogP contribution in [0.5, 0.6) is 17.2 Å². The Balaban J connectivity index is 1.56. The minimum Gasteiger partial charge on any atom is -0.508 e. The minimum atomic E-state index is -0.593. The fourth-order valence-electron chi connectivity index (χ4n) is 6.67. The molecule has 2 aliphatic rings. The zero-order valence-corrected chi connectivity index (χ0v) is 20.6. The Bertz CT molecular complexity index is 1460. The molecule has 4 aromatic carbocycles. The highest BCUT2D eigenvalue weighted by molar-refractivity contribution is 5.91. The van der Waals surface area contributed by atoms with Crippen LogP contribution in [-0.2, 0) is 5.41 Å². The predicted octanol–water partition coefficient (Wildman–Crippen LogP) is 8.12. The van der Waals surface area contributed by atoms with E-state index in [0.29, 0.717) is 5.92 Å². The summed E-state index contributed by atoms with van der Waals surface area (Å²) in [4.78, 5) is 0. The number of phenols is 3. The maximum atomic E-state index is 11.4. The average Bonchev–Trinajstić information content (AvgIpc) is 3.32. The summed E-state index contributed by atoms with van der Waals surface area (Å²) in [5.74, 6) is 1.29. The Morgan fingerprint density at radius 3 is 2.25 bits per heavy atom. The lowest BCUT2D eigenvalue weighted by Gasteiger charge is -2.38. The molecule has 0 aromatic heterocycles. The Hall–Kier alpha value is -3.72. The van der Waals surface area contributed by atoms with Crippen molar-refractivity contribution >= 4 is 16.8 Å². The molecule has 0 aliphatic heterocycles. The first-order chi connectivity index (χ1) is 17.4. The number of fused-ring (bicyclic) bond motifs is 2. The molecule has 3 N–H and O–H groups in total. The molecule has 2 aliphatic carbocycles. The van der Waals surface area contributed by atoms with E-state index in [4.69, 9.17) is 0 Å². The van der Waals surface area contributed by atoms with Crippen LogP contribution >= 0.6 is 0 Å². The second-order valence-electron chi connectivity index (χ2n) is 10.7. The van der Waals surface area contributed by atoms with Crippen LogP contribution in [0.2, 0.25) is 0 Å². The van der Waals surface area contributed by atoms with E-state index in [1.807, 2.05) is 18.2 Å². The van der Waals surface area contributed by atoms with Crippen molar-refractivity contribution in [1.82, 2.24) is 0 Å².